The Morgan fingerprint density at radius 2 is 1.78 bits per heavy atom. The molecule has 5 heterocycles. The molecule has 3 N–H and O–H groups in total. The molecule has 1 saturated carbocycles. The van der Waals surface area contributed by atoms with E-state index in [0.717, 1.165) is 43.0 Å². The molecule has 2 aromatic heterocycles. The number of rotatable bonds is 12. The first-order valence-corrected chi connectivity index (χ1v) is 24.7. The smallest absolute Gasteiger partial charge is 0.293 e. The maximum Gasteiger partial charge on any atom is 0.293 e. The van der Waals surface area contributed by atoms with Crippen molar-refractivity contribution in [3.63, 3.8) is 0 Å². The Hall–Kier alpha value is -5.79. The number of anilines is 4. The SMILES string of the molecule is O=C(NS(=O)(=O)c1ccc(NC[C@H]2COCCO2)c([N+](=O)[O-])c1)c1cc(F)c(N2CCN(CC3=C(c4ccc(Cl)cc4)CC4(CCC4)CC3)CC2)cc1N1CCCOc2nc3[nH]ccc3cc21. The number of piperazine rings is 1. The molecule has 1 amide bonds. The number of H-pyrrole nitrogens is 1. The number of benzene rings is 3. The van der Waals surface area contributed by atoms with Crippen molar-refractivity contribution in [2.75, 3.05) is 87.4 Å². The summed E-state index contributed by atoms with van der Waals surface area (Å²) in [5, 5.41) is 16.6. The summed E-state index contributed by atoms with van der Waals surface area (Å²) in [7, 11) is -4.73. The molecule has 0 bridgehead atoms. The molecule has 352 valence electrons. The number of nitro benzene ring substituents is 1. The summed E-state index contributed by atoms with van der Waals surface area (Å²) < 4.78 is 63.8. The third kappa shape index (κ3) is 9.41. The lowest BCUT2D eigenvalue weighted by Crippen LogP contribution is -2.47. The van der Waals surface area contributed by atoms with E-state index in [1.165, 1.54) is 48.5 Å². The van der Waals surface area contributed by atoms with Gasteiger partial charge in [0.15, 0.2) is 0 Å². The molecule has 67 heavy (non-hydrogen) atoms. The summed E-state index contributed by atoms with van der Waals surface area (Å²) in [6.45, 7) is 5.17. The van der Waals surface area contributed by atoms with Gasteiger partial charge < -0.3 is 34.3 Å². The van der Waals surface area contributed by atoms with Crippen LogP contribution in [0.25, 0.3) is 16.6 Å². The molecule has 16 nitrogen and oxygen atoms in total. The maximum atomic E-state index is 16.7. The molecule has 5 aliphatic rings. The van der Waals surface area contributed by atoms with Crippen LogP contribution in [0, 0.1) is 21.3 Å². The van der Waals surface area contributed by atoms with Crippen molar-refractivity contribution in [1.29, 1.82) is 0 Å². The number of ether oxygens (including phenoxy) is 3. The van der Waals surface area contributed by atoms with Gasteiger partial charge in [0, 0.05) is 68.5 Å². The van der Waals surface area contributed by atoms with Gasteiger partial charge in [0.1, 0.15) is 22.8 Å². The van der Waals surface area contributed by atoms with Gasteiger partial charge in [0.2, 0.25) is 5.88 Å². The van der Waals surface area contributed by atoms with Gasteiger partial charge in [0.25, 0.3) is 21.6 Å². The van der Waals surface area contributed by atoms with Crippen molar-refractivity contribution in [2.45, 2.75) is 55.9 Å². The van der Waals surface area contributed by atoms with Gasteiger partial charge in [-0.1, -0.05) is 35.7 Å². The topological polar surface area (TPSA) is 185 Å². The fourth-order valence-corrected chi connectivity index (χ4v) is 11.2. The van der Waals surface area contributed by atoms with Crippen molar-refractivity contribution in [3.05, 3.63) is 111 Å². The van der Waals surface area contributed by atoms with E-state index in [0.29, 0.717) is 93.2 Å². The number of nitrogens with one attached hydrogen (secondary N) is 3. The Bertz CT molecular complexity index is 2840. The van der Waals surface area contributed by atoms with Crippen LogP contribution >= 0.6 is 11.6 Å². The first-order valence-electron chi connectivity index (χ1n) is 22.9. The average Bonchev–Trinajstić information content (AvgIpc) is 3.68. The lowest BCUT2D eigenvalue weighted by molar-refractivity contribution is -0.384. The van der Waals surface area contributed by atoms with Crippen LogP contribution in [0.2, 0.25) is 5.02 Å². The van der Waals surface area contributed by atoms with Gasteiger partial charge in [-0.15, -0.1) is 0 Å². The number of sulfonamides is 1. The molecule has 2 saturated heterocycles. The molecule has 0 radical (unpaired) electrons. The number of pyridine rings is 1. The largest absolute Gasteiger partial charge is 0.476 e. The lowest BCUT2D eigenvalue weighted by Gasteiger charge is -2.47. The number of halogens is 2. The second-order valence-electron chi connectivity index (χ2n) is 18.1. The predicted molar refractivity (Wildman–Crippen MR) is 254 cm³/mol. The van der Waals surface area contributed by atoms with Gasteiger partial charge in [0.05, 0.1) is 59.3 Å². The Balaban J connectivity index is 0.934. The summed E-state index contributed by atoms with van der Waals surface area (Å²) in [4.78, 5) is 39.3. The molecule has 1 spiro atoms. The third-order valence-electron chi connectivity index (χ3n) is 13.9. The first kappa shape index (κ1) is 45.0. The van der Waals surface area contributed by atoms with E-state index in [2.05, 4.69) is 32.1 Å². The Morgan fingerprint density at radius 3 is 2.52 bits per heavy atom. The number of amides is 1. The van der Waals surface area contributed by atoms with Gasteiger partial charge >= 0.3 is 0 Å². The molecule has 0 unspecified atom stereocenters. The summed E-state index contributed by atoms with van der Waals surface area (Å²) in [5.41, 5.74) is 5.42. The highest BCUT2D eigenvalue weighted by atomic mass is 35.5. The predicted octanol–water partition coefficient (Wildman–Crippen LogP) is 8.06. The first-order chi connectivity index (χ1) is 32.4. The van der Waals surface area contributed by atoms with Crippen molar-refractivity contribution in [1.82, 2.24) is 19.6 Å². The van der Waals surface area contributed by atoms with Crippen LogP contribution < -0.4 is 24.6 Å². The minimum absolute atomic E-state index is 0.0630. The molecular formula is C48H52ClFN8O8S. The quantitative estimate of drug-likeness (QED) is 0.0807. The monoisotopic (exact) mass is 954 g/mol. The van der Waals surface area contributed by atoms with Gasteiger partial charge in [-0.2, -0.15) is 4.98 Å². The number of fused-ring (bicyclic) bond motifs is 2. The molecule has 10 rings (SSSR count). The van der Waals surface area contributed by atoms with E-state index >= 15 is 4.39 Å². The van der Waals surface area contributed by atoms with Crippen LogP contribution in [0.3, 0.4) is 0 Å². The standard InChI is InChI=1S/C48H52ClFN8O8S/c49-34-5-3-31(4-6-34)38-27-48(11-1-12-48)13-9-33(38)29-55-16-18-56(19-17-55)42-26-41(57-15-2-20-66-47-44(57)23-32-10-14-51-45(32)53-47)37(25-39(42)50)46(59)54-67(62,63)36-7-8-40(43(24-36)58(60)61)52-28-35-30-64-21-22-65-35/h3-8,10,14,23-26,35,52H,1-2,9,11-13,15-22,27-30H2,(H,51,53)(H,54,59)/t35-/m0/s1. The highest BCUT2D eigenvalue weighted by molar-refractivity contribution is 7.90. The molecular weight excluding hydrogens is 903 g/mol. The number of nitrogens with zero attached hydrogens (tertiary/aromatic N) is 5. The average molecular weight is 956 g/mol. The number of hydrogen-bond donors (Lipinski definition) is 3. The zero-order valence-electron chi connectivity index (χ0n) is 36.9. The second kappa shape index (κ2) is 18.7. The van der Waals surface area contributed by atoms with E-state index in [-0.39, 0.29) is 35.3 Å². The van der Waals surface area contributed by atoms with Gasteiger partial charge in [-0.05, 0) is 104 Å². The summed E-state index contributed by atoms with van der Waals surface area (Å²) >= 11 is 6.29. The number of aromatic amines is 1. The Kier molecular flexibility index (Phi) is 12.6. The molecule has 5 aromatic rings. The van der Waals surface area contributed by atoms with Crippen LogP contribution in [0.5, 0.6) is 5.88 Å². The third-order valence-corrected chi connectivity index (χ3v) is 15.5. The van der Waals surface area contributed by atoms with Crippen LogP contribution in [0.4, 0.5) is 32.8 Å². The van der Waals surface area contributed by atoms with Crippen LogP contribution in [-0.4, -0.2) is 112 Å². The van der Waals surface area contributed by atoms with E-state index in [4.69, 9.17) is 30.8 Å². The highest BCUT2D eigenvalue weighted by Gasteiger charge is 2.41. The minimum Gasteiger partial charge on any atom is -0.476 e. The van der Waals surface area contributed by atoms with Crippen molar-refractivity contribution >= 4 is 72.6 Å². The van der Waals surface area contributed by atoms with E-state index < -0.39 is 37.3 Å². The zero-order valence-corrected chi connectivity index (χ0v) is 38.5. The molecule has 2 aliphatic carbocycles. The molecule has 3 fully saturated rings. The van der Waals surface area contributed by atoms with Crippen molar-refractivity contribution in [3.8, 4) is 5.88 Å². The van der Waals surface area contributed by atoms with Crippen LogP contribution in [0.15, 0.2) is 83.4 Å². The number of carbonyl (C=O) groups is 1. The zero-order chi connectivity index (χ0) is 46.3. The van der Waals surface area contributed by atoms with E-state index in [9.17, 15) is 23.3 Å². The Morgan fingerprint density at radius 1 is 0.955 bits per heavy atom. The molecule has 19 heteroatoms. The number of carbonyl (C=O) groups excluding carboxylic acids is 1. The number of nitro groups is 1. The molecule has 1 atom stereocenters. The van der Waals surface area contributed by atoms with Gasteiger partial charge in [-0.3, -0.25) is 19.8 Å². The Labute approximate surface area is 392 Å². The summed E-state index contributed by atoms with van der Waals surface area (Å²) in [5.74, 6) is -1.52. The maximum absolute atomic E-state index is 16.7. The minimum atomic E-state index is -4.73. The fourth-order valence-electron chi connectivity index (χ4n) is 10.1. The van der Waals surface area contributed by atoms with E-state index in [1.54, 1.807) is 12.3 Å². The van der Waals surface area contributed by atoms with Gasteiger partial charge in [-0.25, -0.2) is 17.5 Å². The summed E-state index contributed by atoms with van der Waals surface area (Å²) in [6.07, 6.45) is 9.05. The normalized spacial score (nSPS) is 19.9. The number of hydrogen-bond acceptors (Lipinski definition) is 13. The second-order valence-corrected chi connectivity index (χ2v) is 20.2. The van der Waals surface area contributed by atoms with Crippen LogP contribution in [0.1, 0.15) is 60.9 Å². The lowest BCUT2D eigenvalue weighted by atomic mass is 9.59. The molecule has 3 aliphatic heterocycles. The molecule has 3 aromatic carbocycles. The van der Waals surface area contributed by atoms with Crippen molar-refractivity contribution < 1.29 is 36.7 Å². The fraction of sp³-hybridized carbons (Fsp3) is 0.417. The highest BCUT2D eigenvalue weighted by Crippen LogP contribution is 2.55. The number of aromatic nitrogens is 2. The van der Waals surface area contributed by atoms with E-state index in [1.807, 2.05) is 34.1 Å². The number of allylic oxidation sites excluding steroid dienone is 1. The summed E-state index contributed by atoms with van der Waals surface area (Å²) in [6, 6.07) is 17.9. The van der Waals surface area contributed by atoms with Crippen molar-refractivity contribution in [2.24, 2.45) is 5.41 Å². The van der Waals surface area contributed by atoms with Crippen LogP contribution in [-0.2, 0) is 19.5 Å².